The van der Waals surface area contributed by atoms with E-state index in [9.17, 15) is 4.79 Å². The van der Waals surface area contributed by atoms with Crippen LogP contribution in [0.15, 0.2) is 47.2 Å². The van der Waals surface area contributed by atoms with E-state index in [0.717, 1.165) is 22.0 Å². The lowest BCUT2D eigenvalue weighted by Gasteiger charge is -2.02. The summed E-state index contributed by atoms with van der Waals surface area (Å²) in [5, 5.41) is 7.83. The van der Waals surface area contributed by atoms with Gasteiger partial charge in [-0.2, -0.15) is 11.3 Å². The number of anilines is 1. The van der Waals surface area contributed by atoms with Crippen molar-refractivity contribution in [3.8, 4) is 10.6 Å². The molecular formula is C15H12N2OS2. The van der Waals surface area contributed by atoms with Crippen LogP contribution in [0, 0.1) is 6.92 Å². The van der Waals surface area contributed by atoms with Crippen molar-refractivity contribution >= 4 is 34.3 Å². The summed E-state index contributed by atoms with van der Waals surface area (Å²) >= 11 is 3.05. The van der Waals surface area contributed by atoms with Crippen molar-refractivity contribution in [3.05, 3.63) is 57.7 Å². The summed E-state index contributed by atoms with van der Waals surface area (Å²) in [5.41, 5.74) is 2.63. The van der Waals surface area contributed by atoms with E-state index in [2.05, 4.69) is 10.3 Å². The van der Waals surface area contributed by atoms with Crippen molar-refractivity contribution in [2.24, 2.45) is 0 Å². The Hall–Kier alpha value is -1.98. The Morgan fingerprint density at radius 3 is 2.70 bits per heavy atom. The number of rotatable bonds is 3. The molecule has 2 aromatic heterocycles. The van der Waals surface area contributed by atoms with Crippen molar-refractivity contribution in [2.75, 3.05) is 5.32 Å². The van der Waals surface area contributed by atoms with E-state index >= 15 is 0 Å². The minimum atomic E-state index is -0.104. The standard InChI is InChI=1S/C15H12N2OS2/c1-10-13(14(18)17-12-5-3-2-4-6-12)20-15(16-10)11-7-8-19-9-11/h2-9H,1H3,(H,17,18). The number of aromatic nitrogens is 1. The minimum Gasteiger partial charge on any atom is -0.321 e. The molecule has 100 valence electrons. The van der Waals surface area contributed by atoms with Gasteiger partial charge < -0.3 is 5.32 Å². The first-order chi connectivity index (χ1) is 9.74. The summed E-state index contributed by atoms with van der Waals surface area (Å²) in [7, 11) is 0. The predicted octanol–water partition coefficient (Wildman–Crippen LogP) is 4.43. The summed E-state index contributed by atoms with van der Waals surface area (Å²) in [6, 6.07) is 11.5. The van der Waals surface area contributed by atoms with E-state index in [1.165, 1.54) is 11.3 Å². The van der Waals surface area contributed by atoms with E-state index < -0.39 is 0 Å². The summed E-state index contributed by atoms with van der Waals surface area (Å²) in [5.74, 6) is -0.104. The molecule has 0 saturated carbocycles. The molecule has 1 amide bonds. The van der Waals surface area contributed by atoms with Crippen molar-refractivity contribution < 1.29 is 4.79 Å². The average molecular weight is 300 g/mol. The van der Waals surface area contributed by atoms with Crippen LogP contribution in [0.25, 0.3) is 10.6 Å². The second-order valence-electron chi connectivity index (χ2n) is 4.27. The lowest BCUT2D eigenvalue weighted by Crippen LogP contribution is -2.11. The van der Waals surface area contributed by atoms with Gasteiger partial charge in [0, 0.05) is 16.6 Å². The van der Waals surface area contributed by atoms with E-state index in [1.54, 1.807) is 11.3 Å². The fourth-order valence-corrected chi connectivity index (χ4v) is 3.50. The minimum absolute atomic E-state index is 0.104. The fraction of sp³-hybridized carbons (Fsp3) is 0.0667. The van der Waals surface area contributed by atoms with Gasteiger partial charge in [0.05, 0.1) is 5.69 Å². The zero-order valence-corrected chi connectivity index (χ0v) is 12.4. The van der Waals surface area contributed by atoms with Crippen LogP contribution in [0.1, 0.15) is 15.4 Å². The Morgan fingerprint density at radius 1 is 1.20 bits per heavy atom. The van der Waals surface area contributed by atoms with Crippen LogP contribution in [-0.4, -0.2) is 10.9 Å². The van der Waals surface area contributed by atoms with Crippen molar-refractivity contribution in [1.29, 1.82) is 0 Å². The molecule has 0 aliphatic heterocycles. The third-order valence-corrected chi connectivity index (χ3v) is 4.69. The molecule has 3 rings (SSSR count). The molecule has 0 fully saturated rings. The van der Waals surface area contributed by atoms with E-state index in [0.29, 0.717) is 4.88 Å². The van der Waals surface area contributed by atoms with Crippen molar-refractivity contribution in [2.45, 2.75) is 6.92 Å². The van der Waals surface area contributed by atoms with Gasteiger partial charge in [0.25, 0.3) is 5.91 Å². The molecule has 0 saturated heterocycles. The maximum atomic E-state index is 12.3. The van der Waals surface area contributed by atoms with Gasteiger partial charge in [0.15, 0.2) is 0 Å². The zero-order valence-electron chi connectivity index (χ0n) is 10.8. The molecule has 1 aromatic carbocycles. The smallest absolute Gasteiger partial charge is 0.267 e. The molecule has 2 heterocycles. The topological polar surface area (TPSA) is 42.0 Å². The summed E-state index contributed by atoms with van der Waals surface area (Å²) < 4.78 is 0. The Balaban J connectivity index is 1.85. The Bertz CT molecular complexity index is 718. The van der Waals surface area contributed by atoms with Gasteiger partial charge in [-0.1, -0.05) is 18.2 Å². The van der Waals surface area contributed by atoms with E-state index in [-0.39, 0.29) is 5.91 Å². The van der Waals surface area contributed by atoms with Gasteiger partial charge in [-0.05, 0) is 30.5 Å². The summed E-state index contributed by atoms with van der Waals surface area (Å²) in [6.45, 7) is 1.87. The van der Waals surface area contributed by atoms with Gasteiger partial charge >= 0.3 is 0 Å². The summed E-state index contributed by atoms with van der Waals surface area (Å²) in [4.78, 5) is 17.4. The normalized spacial score (nSPS) is 10.4. The van der Waals surface area contributed by atoms with Crippen LogP contribution in [-0.2, 0) is 0 Å². The highest BCUT2D eigenvalue weighted by atomic mass is 32.1. The molecular weight excluding hydrogens is 288 g/mol. The van der Waals surface area contributed by atoms with Crippen LogP contribution < -0.4 is 5.32 Å². The van der Waals surface area contributed by atoms with Gasteiger partial charge in [-0.3, -0.25) is 4.79 Å². The second kappa shape index (κ2) is 5.56. The number of hydrogen-bond donors (Lipinski definition) is 1. The highest BCUT2D eigenvalue weighted by molar-refractivity contribution is 7.17. The highest BCUT2D eigenvalue weighted by Gasteiger charge is 2.16. The number of thiophene rings is 1. The van der Waals surface area contributed by atoms with Crippen LogP contribution in [0.5, 0.6) is 0 Å². The Morgan fingerprint density at radius 2 is 2.00 bits per heavy atom. The Kier molecular flexibility index (Phi) is 3.62. The number of nitrogens with zero attached hydrogens (tertiary/aromatic N) is 1. The molecule has 0 aliphatic rings. The SMILES string of the molecule is Cc1nc(-c2ccsc2)sc1C(=O)Nc1ccccc1. The quantitative estimate of drug-likeness (QED) is 0.777. The molecule has 5 heteroatoms. The first-order valence-electron chi connectivity index (χ1n) is 6.10. The maximum absolute atomic E-state index is 12.3. The molecule has 0 spiro atoms. The number of para-hydroxylation sites is 1. The first kappa shape index (κ1) is 13.0. The van der Waals surface area contributed by atoms with Gasteiger partial charge in [-0.15, -0.1) is 11.3 Å². The number of carbonyl (C=O) groups excluding carboxylic acids is 1. The molecule has 3 nitrogen and oxygen atoms in total. The molecule has 0 unspecified atom stereocenters. The van der Waals surface area contributed by atoms with Crippen LogP contribution in [0.3, 0.4) is 0 Å². The zero-order chi connectivity index (χ0) is 13.9. The number of thiazole rings is 1. The van der Waals surface area contributed by atoms with E-state index in [4.69, 9.17) is 0 Å². The lowest BCUT2D eigenvalue weighted by atomic mass is 10.3. The number of aryl methyl sites for hydroxylation is 1. The third kappa shape index (κ3) is 2.64. The monoisotopic (exact) mass is 300 g/mol. The molecule has 3 aromatic rings. The number of hydrogen-bond acceptors (Lipinski definition) is 4. The molecule has 0 aliphatic carbocycles. The Labute approximate surface area is 124 Å². The number of nitrogens with one attached hydrogen (secondary N) is 1. The molecule has 20 heavy (non-hydrogen) atoms. The van der Waals surface area contributed by atoms with Gasteiger partial charge in [0.1, 0.15) is 9.88 Å². The van der Waals surface area contributed by atoms with Crippen molar-refractivity contribution in [3.63, 3.8) is 0 Å². The van der Waals surface area contributed by atoms with Crippen LogP contribution >= 0.6 is 22.7 Å². The summed E-state index contributed by atoms with van der Waals surface area (Å²) in [6.07, 6.45) is 0. The van der Waals surface area contributed by atoms with Gasteiger partial charge in [0.2, 0.25) is 0 Å². The maximum Gasteiger partial charge on any atom is 0.267 e. The number of amides is 1. The number of carbonyl (C=O) groups is 1. The van der Waals surface area contributed by atoms with Crippen LogP contribution in [0.4, 0.5) is 5.69 Å². The van der Waals surface area contributed by atoms with Gasteiger partial charge in [-0.25, -0.2) is 4.98 Å². The predicted molar refractivity (Wildman–Crippen MR) is 84.6 cm³/mol. The largest absolute Gasteiger partial charge is 0.321 e. The van der Waals surface area contributed by atoms with Crippen LogP contribution in [0.2, 0.25) is 0 Å². The molecule has 0 atom stereocenters. The number of benzene rings is 1. The van der Waals surface area contributed by atoms with E-state index in [1.807, 2.05) is 54.1 Å². The van der Waals surface area contributed by atoms with Crippen molar-refractivity contribution in [1.82, 2.24) is 4.98 Å². The first-order valence-corrected chi connectivity index (χ1v) is 7.86. The molecule has 1 N–H and O–H groups in total. The third-order valence-electron chi connectivity index (χ3n) is 2.80. The second-order valence-corrected chi connectivity index (χ2v) is 6.04. The highest BCUT2D eigenvalue weighted by Crippen LogP contribution is 2.29. The molecule has 0 radical (unpaired) electrons. The lowest BCUT2D eigenvalue weighted by molar-refractivity contribution is 0.103. The molecule has 0 bridgehead atoms. The fourth-order valence-electron chi connectivity index (χ4n) is 1.83. The average Bonchev–Trinajstić information content (AvgIpc) is 3.08.